The molecule has 0 saturated carbocycles. The molecule has 0 atom stereocenters. The molecule has 0 fully saturated rings. The number of carbonyl (C=O) groups is 2. The number of anilines is 4. The van der Waals surface area contributed by atoms with Crippen LogP contribution in [0.3, 0.4) is 0 Å². The fourth-order valence-corrected chi connectivity index (χ4v) is 3.03. The highest BCUT2D eigenvalue weighted by molar-refractivity contribution is 5.98. The maximum absolute atomic E-state index is 11.5. The van der Waals surface area contributed by atoms with Gasteiger partial charge in [0.05, 0.1) is 28.0 Å². The molecular weight excluding hydrogens is 384 g/mol. The number of carboxylic acid groups (broad SMARTS) is 2. The minimum Gasteiger partial charge on any atom is -0.478 e. The highest BCUT2D eigenvalue weighted by Crippen LogP contribution is 2.28. The number of rotatable bonds is 6. The normalized spacial score (nSPS) is 10.5. The topological polar surface area (TPSA) is 124 Å². The Hall–Kier alpha value is -4.46. The first-order chi connectivity index (χ1) is 14.5. The van der Waals surface area contributed by atoms with Gasteiger partial charge in [-0.25, -0.2) is 14.6 Å². The Morgan fingerprint density at radius 3 is 1.83 bits per heavy atom. The third-order valence-corrected chi connectivity index (χ3v) is 4.42. The van der Waals surface area contributed by atoms with E-state index in [1.807, 2.05) is 18.2 Å². The van der Waals surface area contributed by atoms with Crippen LogP contribution in [0.2, 0.25) is 0 Å². The molecule has 8 nitrogen and oxygen atoms in total. The molecule has 0 aliphatic heterocycles. The van der Waals surface area contributed by atoms with Gasteiger partial charge in [0.15, 0.2) is 0 Å². The Labute approximate surface area is 170 Å². The maximum atomic E-state index is 11.5. The molecule has 4 rings (SSSR count). The predicted octanol–water partition coefficient (Wildman–Crippen LogP) is 4.51. The number of carboxylic acids is 2. The molecule has 4 aromatic rings. The summed E-state index contributed by atoms with van der Waals surface area (Å²) >= 11 is 0. The molecule has 0 amide bonds. The first-order valence-corrected chi connectivity index (χ1v) is 8.98. The van der Waals surface area contributed by atoms with E-state index in [1.165, 1.54) is 12.1 Å². The number of aromatic nitrogens is 2. The molecule has 0 radical (unpaired) electrons. The molecule has 0 unspecified atom stereocenters. The zero-order valence-corrected chi connectivity index (χ0v) is 15.5. The lowest BCUT2D eigenvalue weighted by Gasteiger charge is -2.14. The third-order valence-electron chi connectivity index (χ3n) is 4.42. The largest absolute Gasteiger partial charge is 0.478 e. The lowest BCUT2D eigenvalue weighted by Crippen LogP contribution is -2.07. The van der Waals surface area contributed by atoms with Crippen molar-refractivity contribution in [3.63, 3.8) is 0 Å². The Kier molecular flexibility index (Phi) is 4.96. The average molecular weight is 400 g/mol. The summed E-state index contributed by atoms with van der Waals surface area (Å²) in [4.78, 5) is 32.0. The van der Waals surface area contributed by atoms with Crippen LogP contribution < -0.4 is 10.6 Å². The van der Waals surface area contributed by atoms with Gasteiger partial charge in [-0.2, -0.15) is 4.98 Å². The summed E-state index contributed by atoms with van der Waals surface area (Å²) < 4.78 is 0. The summed E-state index contributed by atoms with van der Waals surface area (Å²) in [7, 11) is 0. The molecular formula is C22H16N4O4. The molecule has 148 valence electrons. The van der Waals surface area contributed by atoms with Gasteiger partial charge in [0, 0.05) is 5.39 Å². The second-order valence-corrected chi connectivity index (χ2v) is 6.36. The van der Waals surface area contributed by atoms with Crippen LogP contribution in [-0.2, 0) is 0 Å². The van der Waals surface area contributed by atoms with Crippen LogP contribution in [0.1, 0.15) is 20.7 Å². The summed E-state index contributed by atoms with van der Waals surface area (Å²) in [5.74, 6) is -1.57. The molecule has 3 aromatic carbocycles. The monoisotopic (exact) mass is 400 g/mol. The molecule has 0 saturated heterocycles. The molecule has 1 aromatic heterocycles. The lowest BCUT2D eigenvalue weighted by molar-refractivity contribution is 0.0687. The van der Waals surface area contributed by atoms with Gasteiger partial charge in [0.2, 0.25) is 5.95 Å². The van der Waals surface area contributed by atoms with E-state index < -0.39 is 11.9 Å². The van der Waals surface area contributed by atoms with E-state index in [4.69, 9.17) is 0 Å². The number of nitrogens with zero attached hydrogens (tertiary/aromatic N) is 2. The minimum atomic E-state index is -1.08. The van der Waals surface area contributed by atoms with E-state index in [9.17, 15) is 19.8 Å². The van der Waals surface area contributed by atoms with Crippen molar-refractivity contribution in [2.75, 3.05) is 10.6 Å². The number of hydrogen-bond acceptors (Lipinski definition) is 6. The first-order valence-electron chi connectivity index (χ1n) is 8.98. The van der Waals surface area contributed by atoms with Crippen LogP contribution in [0.4, 0.5) is 23.1 Å². The lowest BCUT2D eigenvalue weighted by atomic mass is 10.1. The number of hydrogen-bond donors (Lipinski definition) is 4. The molecule has 0 aliphatic carbocycles. The van der Waals surface area contributed by atoms with Crippen molar-refractivity contribution >= 4 is 46.0 Å². The smallest absolute Gasteiger partial charge is 0.337 e. The van der Waals surface area contributed by atoms with Gasteiger partial charge in [0.25, 0.3) is 0 Å². The van der Waals surface area contributed by atoms with E-state index in [0.717, 1.165) is 0 Å². The van der Waals surface area contributed by atoms with Crippen molar-refractivity contribution < 1.29 is 19.8 Å². The molecule has 30 heavy (non-hydrogen) atoms. The fraction of sp³-hybridized carbons (Fsp3) is 0. The van der Waals surface area contributed by atoms with Crippen molar-refractivity contribution in [1.82, 2.24) is 9.97 Å². The Balaban J connectivity index is 1.80. The highest BCUT2D eigenvalue weighted by atomic mass is 16.4. The third kappa shape index (κ3) is 3.74. The fourth-order valence-electron chi connectivity index (χ4n) is 3.03. The number of fused-ring (bicyclic) bond motifs is 1. The summed E-state index contributed by atoms with van der Waals surface area (Å²) in [6, 6.07) is 20.2. The standard InChI is InChI=1S/C22H16N4O4/c27-20(28)14-8-2-5-11-17(14)23-19-13-7-1-4-10-16(13)24-22(26-19)25-18-12-6-3-9-15(18)21(29)30/h1-12H,(H,27,28)(H,29,30)(H2,23,24,25,26). The molecule has 4 N–H and O–H groups in total. The van der Waals surface area contributed by atoms with E-state index in [2.05, 4.69) is 20.6 Å². The molecule has 8 heteroatoms. The Bertz CT molecular complexity index is 1270. The predicted molar refractivity (Wildman–Crippen MR) is 113 cm³/mol. The Morgan fingerprint density at radius 2 is 1.20 bits per heavy atom. The van der Waals surface area contributed by atoms with Gasteiger partial charge in [-0.15, -0.1) is 0 Å². The Morgan fingerprint density at radius 1 is 0.667 bits per heavy atom. The maximum Gasteiger partial charge on any atom is 0.337 e. The number of benzene rings is 3. The number of para-hydroxylation sites is 3. The molecule has 0 aliphatic rings. The van der Waals surface area contributed by atoms with Crippen LogP contribution >= 0.6 is 0 Å². The second kappa shape index (κ2) is 7.88. The summed E-state index contributed by atoms with van der Waals surface area (Å²) in [5, 5.41) is 25.6. The average Bonchev–Trinajstić information content (AvgIpc) is 2.74. The van der Waals surface area contributed by atoms with Gasteiger partial charge in [-0.1, -0.05) is 36.4 Å². The number of aromatic carboxylic acids is 2. The first kappa shape index (κ1) is 18.9. The summed E-state index contributed by atoms with van der Waals surface area (Å²) in [6.07, 6.45) is 0. The van der Waals surface area contributed by atoms with Crippen LogP contribution in [-0.4, -0.2) is 32.1 Å². The van der Waals surface area contributed by atoms with Crippen LogP contribution in [0, 0.1) is 0 Å². The summed E-state index contributed by atoms with van der Waals surface area (Å²) in [6.45, 7) is 0. The molecule has 0 bridgehead atoms. The SMILES string of the molecule is O=C(O)c1ccccc1Nc1nc(Nc2ccccc2C(=O)O)c2ccccc2n1. The van der Waals surface area contributed by atoms with Crippen LogP contribution in [0.25, 0.3) is 10.9 Å². The zero-order chi connectivity index (χ0) is 21.1. The second-order valence-electron chi connectivity index (χ2n) is 6.36. The van der Waals surface area contributed by atoms with Crippen molar-refractivity contribution in [2.24, 2.45) is 0 Å². The quantitative estimate of drug-likeness (QED) is 0.372. The van der Waals surface area contributed by atoms with Crippen molar-refractivity contribution in [1.29, 1.82) is 0 Å². The van der Waals surface area contributed by atoms with E-state index in [-0.39, 0.29) is 17.1 Å². The van der Waals surface area contributed by atoms with Crippen molar-refractivity contribution in [3.05, 3.63) is 83.9 Å². The zero-order valence-electron chi connectivity index (χ0n) is 15.5. The number of nitrogens with one attached hydrogen (secondary N) is 2. The van der Waals surface area contributed by atoms with Gasteiger partial charge in [-0.05, 0) is 36.4 Å². The highest BCUT2D eigenvalue weighted by Gasteiger charge is 2.15. The van der Waals surface area contributed by atoms with Gasteiger partial charge in [0.1, 0.15) is 5.82 Å². The van der Waals surface area contributed by atoms with Crippen LogP contribution in [0.15, 0.2) is 72.8 Å². The van der Waals surface area contributed by atoms with Gasteiger partial charge >= 0.3 is 11.9 Å². The summed E-state index contributed by atoms with van der Waals surface area (Å²) in [5.41, 5.74) is 1.52. The van der Waals surface area contributed by atoms with Crippen LogP contribution in [0.5, 0.6) is 0 Å². The van der Waals surface area contributed by atoms with E-state index >= 15 is 0 Å². The van der Waals surface area contributed by atoms with Crippen molar-refractivity contribution in [3.8, 4) is 0 Å². The van der Waals surface area contributed by atoms with Gasteiger partial charge < -0.3 is 20.8 Å². The van der Waals surface area contributed by atoms with Gasteiger partial charge in [-0.3, -0.25) is 0 Å². The molecule has 1 heterocycles. The minimum absolute atomic E-state index is 0.0833. The van der Waals surface area contributed by atoms with E-state index in [0.29, 0.717) is 28.1 Å². The van der Waals surface area contributed by atoms with Crippen molar-refractivity contribution in [2.45, 2.75) is 0 Å². The molecule has 0 spiro atoms. The van der Waals surface area contributed by atoms with E-state index in [1.54, 1.807) is 42.5 Å².